The topological polar surface area (TPSA) is 118 Å². The number of anilines is 1. The lowest BCUT2D eigenvalue weighted by Gasteiger charge is -2.45. The molecule has 2 saturated heterocycles. The number of urea groups is 1. The molecule has 4 rings (SSSR count). The number of carbonyl (C=O) groups excluding carboxylic acids is 2. The first-order valence-electron chi connectivity index (χ1n) is 12.8. The number of likely N-dealkylation sites (tertiary alicyclic amines) is 1. The standard InChI is InChI=1S/C25H39N7O3S/c1-29-6-8-31(9-7-29)5-4-28-25(34)32(10-11-35-3)24(33)18-12-17-13-19-20(15-26)23(27)36-22(19)14-21(17)30(2)16-18/h17-18,21H,4-14,16,27H2,1-3H3,(H,28,34)/t17-,18-,21-/m1/s1. The number of imide groups is 1. The maximum atomic E-state index is 13.6. The van der Waals surface area contributed by atoms with E-state index in [1.54, 1.807) is 7.11 Å². The van der Waals surface area contributed by atoms with Crippen LogP contribution in [-0.2, 0) is 22.4 Å². The number of methoxy groups -OCH3 is 1. The predicted molar refractivity (Wildman–Crippen MR) is 140 cm³/mol. The van der Waals surface area contributed by atoms with Gasteiger partial charge in [0.15, 0.2) is 0 Å². The molecule has 3 N–H and O–H groups in total. The lowest BCUT2D eigenvalue weighted by atomic mass is 9.74. The van der Waals surface area contributed by atoms with Crippen molar-refractivity contribution in [3.63, 3.8) is 0 Å². The normalized spacial score (nSPS) is 25.0. The van der Waals surface area contributed by atoms with Crippen molar-refractivity contribution in [1.82, 2.24) is 24.9 Å². The van der Waals surface area contributed by atoms with Crippen molar-refractivity contribution in [2.45, 2.75) is 25.3 Å². The van der Waals surface area contributed by atoms with Gasteiger partial charge in [-0.15, -0.1) is 11.3 Å². The number of ether oxygens (including phenoxy) is 1. The van der Waals surface area contributed by atoms with E-state index in [1.165, 1.54) is 21.1 Å². The van der Waals surface area contributed by atoms with Crippen LogP contribution in [0.4, 0.5) is 9.80 Å². The molecule has 2 fully saturated rings. The fraction of sp³-hybridized carbons (Fsp3) is 0.720. The van der Waals surface area contributed by atoms with E-state index in [4.69, 9.17) is 10.5 Å². The number of likely N-dealkylation sites (N-methyl/N-ethyl adjacent to an activating group) is 2. The molecule has 0 unspecified atom stereocenters. The quantitative estimate of drug-likeness (QED) is 0.542. The molecule has 0 radical (unpaired) electrons. The summed E-state index contributed by atoms with van der Waals surface area (Å²) in [5.74, 6) is -0.180. The minimum absolute atomic E-state index is 0.148. The van der Waals surface area contributed by atoms with Crippen LogP contribution in [0.15, 0.2) is 0 Å². The highest BCUT2D eigenvalue weighted by atomic mass is 32.1. The van der Waals surface area contributed by atoms with Gasteiger partial charge < -0.3 is 25.6 Å². The summed E-state index contributed by atoms with van der Waals surface area (Å²) in [6.07, 6.45) is 2.31. The van der Waals surface area contributed by atoms with E-state index in [9.17, 15) is 14.9 Å². The van der Waals surface area contributed by atoms with Crippen LogP contribution in [0.25, 0.3) is 0 Å². The number of nitrogens with zero attached hydrogens (tertiary/aromatic N) is 5. The maximum Gasteiger partial charge on any atom is 0.324 e. The SMILES string of the molecule is COCCN(C(=O)NCCN1CCN(C)CC1)C(=O)[C@@H]1C[C@@H]2Cc3c(sc(N)c3C#N)C[C@H]2N(C)C1. The lowest BCUT2D eigenvalue weighted by Crippen LogP contribution is -2.56. The lowest BCUT2D eigenvalue weighted by molar-refractivity contribution is -0.136. The van der Waals surface area contributed by atoms with Crippen molar-refractivity contribution in [3.05, 3.63) is 16.0 Å². The number of fused-ring (bicyclic) bond motifs is 2. The summed E-state index contributed by atoms with van der Waals surface area (Å²) in [6.45, 7) is 6.45. The van der Waals surface area contributed by atoms with Gasteiger partial charge in [-0.25, -0.2) is 4.79 Å². The molecule has 0 spiro atoms. The van der Waals surface area contributed by atoms with E-state index in [0.717, 1.165) is 51.1 Å². The Morgan fingerprint density at radius 3 is 2.69 bits per heavy atom. The number of piperidine rings is 1. The van der Waals surface area contributed by atoms with Gasteiger partial charge in [-0.1, -0.05) is 0 Å². The van der Waals surface area contributed by atoms with Crippen LogP contribution in [0.5, 0.6) is 0 Å². The number of carbonyl (C=O) groups is 2. The molecule has 36 heavy (non-hydrogen) atoms. The number of nitriles is 1. The third-order valence-corrected chi connectivity index (χ3v) is 9.06. The van der Waals surface area contributed by atoms with Crippen molar-refractivity contribution in [2.24, 2.45) is 11.8 Å². The third-order valence-electron chi connectivity index (χ3n) is 7.98. The van der Waals surface area contributed by atoms with Crippen molar-refractivity contribution in [1.29, 1.82) is 5.26 Å². The fourth-order valence-electron chi connectivity index (χ4n) is 5.85. The van der Waals surface area contributed by atoms with Crippen molar-refractivity contribution in [3.8, 4) is 6.07 Å². The number of nitrogens with two attached hydrogens (primary N) is 1. The number of piperazine rings is 1. The Hall–Kier alpha value is -2.23. The van der Waals surface area contributed by atoms with Crippen LogP contribution in [0, 0.1) is 23.2 Å². The molecule has 3 aliphatic rings. The van der Waals surface area contributed by atoms with Gasteiger partial charge in [0.2, 0.25) is 5.91 Å². The monoisotopic (exact) mass is 517 g/mol. The first kappa shape index (κ1) is 26.8. The smallest absolute Gasteiger partial charge is 0.324 e. The minimum Gasteiger partial charge on any atom is -0.389 e. The van der Waals surface area contributed by atoms with Crippen LogP contribution in [0.1, 0.15) is 22.4 Å². The van der Waals surface area contributed by atoms with E-state index in [-0.39, 0.29) is 30.3 Å². The predicted octanol–water partition coefficient (Wildman–Crippen LogP) is 0.669. The van der Waals surface area contributed by atoms with E-state index >= 15 is 0 Å². The summed E-state index contributed by atoms with van der Waals surface area (Å²) in [4.78, 5) is 36.1. The molecule has 10 nitrogen and oxygen atoms in total. The molecule has 3 amide bonds. The molecule has 198 valence electrons. The largest absolute Gasteiger partial charge is 0.389 e. The van der Waals surface area contributed by atoms with Gasteiger partial charge in [0, 0.05) is 63.8 Å². The zero-order chi connectivity index (χ0) is 25.8. The number of hydrogen-bond donors (Lipinski definition) is 2. The van der Waals surface area contributed by atoms with Crippen LogP contribution in [0.3, 0.4) is 0 Å². The van der Waals surface area contributed by atoms with Gasteiger partial charge in [0.25, 0.3) is 0 Å². The zero-order valence-corrected chi connectivity index (χ0v) is 22.5. The van der Waals surface area contributed by atoms with Crippen molar-refractivity contribution < 1.29 is 14.3 Å². The van der Waals surface area contributed by atoms with E-state index in [1.807, 2.05) is 0 Å². The average Bonchev–Trinajstić information content (AvgIpc) is 3.17. The summed E-state index contributed by atoms with van der Waals surface area (Å²) in [5.41, 5.74) is 7.76. The average molecular weight is 518 g/mol. The summed E-state index contributed by atoms with van der Waals surface area (Å²) in [6, 6.07) is 2.24. The van der Waals surface area contributed by atoms with Gasteiger partial charge in [-0.3, -0.25) is 14.6 Å². The number of hydrogen-bond acceptors (Lipinski definition) is 9. The number of nitrogen functional groups attached to an aromatic ring is 1. The van der Waals surface area contributed by atoms with Gasteiger partial charge in [-0.2, -0.15) is 5.26 Å². The molecule has 1 aromatic rings. The summed E-state index contributed by atoms with van der Waals surface area (Å²) >= 11 is 1.52. The van der Waals surface area contributed by atoms with Crippen molar-refractivity contribution in [2.75, 3.05) is 85.9 Å². The number of rotatable bonds is 7. The Morgan fingerprint density at radius 1 is 1.25 bits per heavy atom. The van der Waals surface area contributed by atoms with Gasteiger partial charge >= 0.3 is 6.03 Å². The van der Waals surface area contributed by atoms with Crippen molar-refractivity contribution >= 4 is 28.3 Å². The van der Waals surface area contributed by atoms with Crippen LogP contribution >= 0.6 is 11.3 Å². The fourth-order valence-corrected chi connectivity index (χ4v) is 6.95. The number of nitrogens with one attached hydrogen (secondary N) is 1. The molecule has 1 aromatic heterocycles. The molecule has 3 atom stereocenters. The molecule has 3 heterocycles. The van der Waals surface area contributed by atoms with Gasteiger partial charge in [0.05, 0.1) is 24.6 Å². The Bertz CT molecular complexity index is 985. The number of amides is 3. The molecule has 2 aliphatic heterocycles. The Balaban J connectivity index is 1.39. The molecule has 0 aromatic carbocycles. The molecular formula is C25H39N7O3S. The molecular weight excluding hydrogens is 478 g/mol. The van der Waals surface area contributed by atoms with Crippen LogP contribution < -0.4 is 11.1 Å². The Kier molecular flexibility index (Phi) is 8.85. The summed E-state index contributed by atoms with van der Waals surface area (Å²) < 4.78 is 5.21. The van der Waals surface area contributed by atoms with E-state index in [2.05, 4.69) is 40.2 Å². The highest BCUT2D eigenvalue weighted by Crippen LogP contribution is 2.43. The van der Waals surface area contributed by atoms with Gasteiger partial charge in [-0.05, 0) is 44.8 Å². The molecule has 0 saturated carbocycles. The van der Waals surface area contributed by atoms with Crippen LogP contribution in [0.2, 0.25) is 0 Å². The highest BCUT2D eigenvalue weighted by molar-refractivity contribution is 7.16. The first-order valence-corrected chi connectivity index (χ1v) is 13.6. The Labute approximate surface area is 217 Å². The second-order valence-corrected chi connectivity index (χ2v) is 11.5. The molecule has 1 aliphatic carbocycles. The Morgan fingerprint density at radius 2 is 2.00 bits per heavy atom. The van der Waals surface area contributed by atoms with E-state index < -0.39 is 0 Å². The second kappa shape index (κ2) is 11.9. The molecule has 0 bridgehead atoms. The highest BCUT2D eigenvalue weighted by Gasteiger charge is 2.43. The van der Waals surface area contributed by atoms with Gasteiger partial charge in [0.1, 0.15) is 11.1 Å². The number of thiophene rings is 1. The first-order chi connectivity index (χ1) is 17.3. The summed E-state index contributed by atoms with van der Waals surface area (Å²) in [5, 5.41) is 13.1. The zero-order valence-electron chi connectivity index (χ0n) is 21.7. The second-order valence-electron chi connectivity index (χ2n) is 10.3. The minimum atomic E-state index is -0.348. The maximum absolute atomic E-state index is 13.6. The summed E-state index contributed by atoms with van der Waals surface area (Å²) in [7, 11) is 5.75. The van der Waals surface area contributed by atoms with E-state index in [0.29, 0.717) is 42.7 Å². The molecule has 11 heteroatoms. The third kappa shape index (κ3) is 5.84. The van der Waals surface area contributed by atoms with Crippen LogP contribution in [-0.4, -0.2) is 118 Å².